The van der Waals surface area contributed by atoms with Crippen LogP contribution in [0.3, 0.4) is 0 Å². The Morgan fingerprint density at radius 3 is 2.90 bits per heavy atom. The SMILES string of the molecule is COc1cccc(C(O)CNC(C)c2nncn2C)c1. The molecule has 20 heavy (non-hydrogen) atoms. The molecule has 0 radical (unpaired) electrons. The van der Waals surface area contributed by atoms with E-state index in [1.54, 1.807) is 13.4 Å². The van der Waals surface area contributed by atoms with Gasteiger partial charge < -0.3 is 19.7 Å². The first-order valence-corrected chi connectivity index (χ1v) is 6.51. The van der Waals surface area contributed by atoms with E-state index < -0.39 is 6.10 Å². The summed E-state index contributed by atoms with van der Waals surface area (Å²) in [4.78, 5) is 0. The Hall–Kier alpha value is -1.92. The number of methoxy groups -OCH3 is 1. The van der Waals surface area contributed by atoms with Gasteiger partial charge in [0.25, 0.3) is 0 Å². The minimum atomic E-state index is -0.597. The molecule has 1 aromatic heterocycles. The van der Waals surface area contributed by atoms with Crippen molar-refractivity contribution in [3.63, 3.8) is 0 Å². The number of rotatable bonds is 6. The Labute approximate surface area is 118 Å². The van der Waals surface area contributed by atoms with Crippen molar-refractivity contribution < 1.29 is 9.84 Å². The van der Waals surface area contributed by atoms with Crippen LogP contribution >= 0.6 is 0 Å². The van der Waals surface area contributed by atoms with Gasteiger partial charge in [0.15, 0.2) is 0 Å². The highest BCUT2D eigenvalue weighted by Gasteiger charge is 2.14. The molecule has 0 saturated heterocycles. The van der Waals surface area contributed by atoms with Crippen molar-refractivity contribution in [2.24, 2.45) is 7.05 Å². The fourth-order valence-corrected chi connectivity index (χ4v) is 2.03. The number of nitrogens with zero attached hydrogens (tertiary/aromatic N) is 3. The lowest BCUT2D eigenvalue weighted by molar-refractivity contribution is 0.169. The lowest BCUT2D eigenvalue weighted by Gasteiger charge is -2.17. The molecule has 2 unspecified atom stereocenters. The van der Waals surface area contributed by atoms with Crippen molar-refractivity contribution in [1.29, 1.82) is 0 Å². The van der Waals surface area contributed by atoms with E-state index in [0.29, 0.717) is 6.54 Å². The predicted octanol–water partition coefficient (Wildman–Crippen LogP) is 1.21. The second-order valence-electron chi connectivity index (χ2n) is 4.72. The predicted molar refractivity (Wildman–Crippen MR) is 75.4 cm³/mol. The lowest BCUT2D eigenvalue weighted by Crippen LogP contribution is -2.26. The van der Waals surface area contributed by atoms with Crippen molar-refractivity contribution >= 4 is 0 Å². The van der Waals surface area contributed by atoms with Crippen LogP contribution in [0.5, 0.6) is 5.75 Å². The third kappa shape index (κ3) is 3.34. The number of benzene rings is 1. The number of aryl methyl sites for hydroxylation is 1. The molecule has 0 fully saturated rings. The molecule has 0 amide bonds. The van der Waals surface area contributed by atoms with E-state index in [9.17, 15) is 5.11 Å². The van der Waals surface area contributed by atoms with E-state index in [1.165, 1.54) is 0 Å². The first-order valence-electron chi connectivity index (χ1n) is 6.51. The molecular formula is C14H20N4O2. The van der Waals surface area contributed by atoms with E-state index in [1.807, 2.05) is 42.8 Å². The molecule has 1 heterocycles. The molecule has 2 atom stereocenters. The molecule has 6 nitrogen and oxygen atoms in total. The zero-order valence-electron chi connectivity index (χ0n) is 11.9. The summed E-state index contributed by atoms with van der Waals surface area (Å²) < 4.78 is 7.01. The Morgan fingerprint density at radius 2 is 2.25 bits per heavy atom. The van der Waals surface area contributed by atoms with Gasteiger partial charge in [0.2, 0.25) is 0 Å². The molecule has 0 aliphatic heterocycles. The van der Waals surface area contributed by atoms with Crippen molar-refractivity contribution in [2.75, 3.05) is 13.7 Å². The van der Waals surface area contributed by atoms with Crippen molar-refractivity contribution in [1.82, 2.24) is 20.1 Å². The van der Waals surface area contributed by atoms with E-state index in [0.717, 1.165) is 17.1 Å². The van der Waals surface area contributed by atoms with E-state index >= 15 is 0 Å². The Morgan fingerprint density at radius 1 is 1.45 bits per heavy atom. The van der Waals surface area contributed by atoms with Gasteiger partial charge in [-0.1, -0.05) is 12.1 Å². The normalized spacial score (nSPS) is 14.0. The molecule has 0 aliphatic rings. The van der Waals surface area contributed by atoms with E-state index in [2.05, 4.69) is 15.5 Å². The van der Waals surface area contributed by atoms with Crippen LogP contribution in [0.2, 0.25) is 0 Å². The molecular weight excluding hydrogens is 256 g/mol. The van der Waals surface area contributed by atoms with E-state index in [-0.39, 0.29) is 6.04 Å². The van der Waals surface area contributed by atoms with Crippen LogP contribution in [-0.4, -0.2) is 33.5 Å². The molecule has 2 aromatic rings. The van der Waals surface area contributed by atoms with Crippen LogP contribution in [0.4, 0.5) is 0 Å². The fraction of sp³-hybridized carbons (Fsp3) is 0.429. The number of aliphatic hydroxyl groups is 1. The zero-order chi connectivity index (χ0) is 14.5. The smallest absolute Gasteiger partial charge is 0.149 e. The van der Waals surface area contributed by atoms with Crippen LogP contribution in [0.15, 0.2) is 30.6 Å². The summed E-state index contributed by atoms with van der Waals surface area (Å²) in [6.45, 7) is 2.42. The number of hydrogen-bond donors (Lipinski definition) is 2. The van der Waals surface area contributed by atoms with Crippen molar-refractivity contribution in [3.8, 4) is 5.75 Å². The summed E-state index contributed by atoms with van der Waals surface area (Å²) in [5, 5.41) is 21.3. The minimum absolute atomic E-state index is 0.0164. The second kappa shape index (κ2) is 6.49. The monoisotopic (exact) mass is 276 g/mol. The van der Waals surface area contributed by atoms with Gasteiger partial charge in [-0.15, -0.1) is 10.2 Å². The lowest BCUT2D eigenvalue weighted by atomic mass is 10.1. The van der Waals surface area contributed by atoms with Crippen LogP contribution in [0.1, 0.15) is 30.5 Å². The van der Waals surface area contributed by atoms with Gasteiger partial charge in [-0.3, -0.25) is 0 Å². The number of aliphatic hydroxyl groups excluding tert-OH is 1. The maximum absolute atomic E-state index is 10.2. The third-order valence-corrected chi connectivity index (χ3v) is 3.23. The molecule has 6 heteroatoms. The third-order valence-electron chi connectivity index (χ3n) is 3.23. The minimum Gasteiger partial charge on any atom is -0.497 e. The first-order chi connectivity index (χ1) is 9.61. The Bertz CT molecular complexity index is 556. The molecule has 2 N–H and O–H groups in total. The highest BCUT2D eigenvalue weighted by molar-refractivity contribution is 5.29. The number of nitrogens with one attached hydrogen (secondary N) is 1. The zero-order valence-corrected chi connectivity index (χ0v) is 11.9. The van der Waals surface area contributed by atoms with Crippen LogP contribution in [0, 0.1) is 0 Å². The maximum Gasteiger partial charge on any atom is 0.149 e. The average molecular weight is 276 g/mol. The van der Waals surface area contributed by atoms with Gasteiger partial charge in [0, 0.05) is 13.6 Å². The largest absolute Gasteiger partial charge is 0.497 e. The molecule has 0 bridgehead atoms. The molecule has 1 aromatic carbocycles. The second-order valence-corrected chi connectivity index (χ2v) is 4.72. The molecule has 2 rings (SSSR count). The maximum atomic E-state index is 10.2. The van der Waals surface area contributed by atoms with Gasteiger partial charge >= 0.3 is 0 Å². The average Bonchev–Trinajstić information content (AvgIpc) is 2.90. The van der Waals surface area contributed by atoms with Crippen LogP contribution in [-0.2, 0) is 7.05 Å². The highest BCUT2D eigenvalue weighted by atomic mass is 16.5. The van der Waals surface area contributed by atoms with Gasteiger partial charge in [-0.25, -0.2) is 0 Å². The molecule has 0 spiro atoms. The molecule has 0 aliphatic carbocycles. The summed E-state index contributed by atoms with van der Waals surface area (Å²) in [6.07, 6.45) is 1.06. The molecule has 108 valence electrons. The summed E-state index contributed by atoms with van der Waals surface area (Å²) in [7, 11) is 3.51. The Kier molecular flexibility index (Phi) is 4.70. The quantitative estimate of drug-likeness (QED) is 0.829. The number of hydrogen-bond acceptors (Lipinski definition) is 5. The van der Waals surface area contributed by atoms with Gasteiger partial charge in [-0.05, 0) is 24.6 Å². The van der Waals surface area contributed by atoms with Crippen molar-refractivity contribution in [2.45, 2.75) is 19.1 Å². The van der Waals surface area contributed by atoms with Gasteiger partial charge in [-0.2, -0.15) is 0 Å². The topological polar surface area (TPSA) is 72.2 Å². The summed E-state index contributed by atoms with van der Waals surface area (Å²) in [5.74, 6) is 1.57. The van der Waals surface area contributed by atoms with E-state index in [4.69, 9.17) is 4.74 Å². The summed E-state index contributed by atoms with van der Waals surface area (Å²) in [5.41, 5.74) is 0.821. The number of aromatic nitrogens is 3. The first kappa shape index (κ1) is 14.5. The van der Waals surface area contributed by atoms with Gasteiger partial charge in [0.1, 0.15) is 17.9 Å². The Balaban J connectivity index is 1.94. The highest BCUT2D eigenvalue weighted by Crippen LogP contribution is 2.19. The van der Waals surface area contributed by atoms with Crippen LogP contribution in [0.25, 0.3) is 0 Å². The number of ether oxygens (including phenoxy) is 1. The summed E-state index contributed by atoms with van der Waals surface area (Å²) >= 11 is 0. The van der Waals surface area contributed by atoms with Crippen molar-refractivity contribution in [3.05, 3.63) is 42.0 Å². The van der Waals surface area contributed by atoms with Gasteiger partial charge in [0.05, 0.1) is 19.3 Å². The fourth-order valence-electron chi connectivity index (χ4n) is 2.03. The standard InChI is InChI=1S/C14H20N4O2/c1-10(14-17-16-9-18(14)2)15-8-13(19)11-5-4-6-12(7-11)20-3/h4-7,9-10,13,15,19H,8H2,1-3H3. The van der Waals surface area contributed by atoms with Crippen LogP contribution < -0.4 is 10.1 Å². The summed E-state index contributed by atoms with van der Waals surface area (Å²) in [6, 6.07) is 7.44. The molecule has 0 saturated carbocycles.